The number of benzene rings is 1. The number of carbonyl (C=O) groups is 1. The van der Waals surface area contributed by atoms with E-state index in [1.54, 1.807) is 31.2 Å². The van der Waals surface area contributed by atoms with E-state index in [1.165, 1.54) is 25.0 Å². The van der Waals surface area contributed by atoms with Crippen molar-refractivity contribution in [3.63, 3.8) is 0 Å². The van der Waals surface area contributed by atoms with E-state index in [-0.39, 0.29) is 23.7 Å². The average molecular weight is 317 g/mol. The Hall–Kier alpha value is -2.51. The van der Waals surface area contributed by atoms with E-state index in [9.17, 15) is 9.59 Å². The maximum Gasteiger partial charge on any atom is 0.277 e. The number of amides is 1. The second-order valence-electron chi connectivity index (χ2n) is 4.86. The van der Waals surface area contributed by atoms with E-state index in [0.717, 1.165) is 0 Å². The molecule has 2 rings (SSSR count). The Morgan fingerprint density at radius 1 is 1.26 bits per heavy atom. The van der Waals surface area contributed by atoms with Crippen LogP contribution in [0.4, 0.5) is 5.69 Å². The second-order valence-corrected chi connectivity index (χ2v) is 4.86. The standard InChI is InChI=1S/C16H19N3O4/c1-11-17-9-13(16(21)19(11)10-14(22-2)23-3)18-15(20)12-7-5-4-6-8-12/h4-9,14H,10H2,1-3H3,(H,18,20). The highest BCUT2D eigenvalue weighted by Gasteiger charge is 2.15. The van der Waals surface area contributed by atoms with Crippen molar-refractivity contribution in [2.24, 2.45) is 0 Å². The highest BCUT2D eigenvalue weighted by Crippen LogP contribution is 2.06. The maximum atomic E-state index is 12.5. The van der Waals surface area contributed by atoms with Crippen molar-refractivity contribution in [1.82, 2.24) is 9.55 Å². The van der Waals surface area contributed by atoms with Crippen LogP contribution in [0.25, 0.3) is 0 Å². The van der Waals surface area contributed by atoms with Gasteiger partial charge in [0.1, 0.15) is 11.5 Å². The van der Waals surface area contributed by atoms with Gasteiger partial charge in [-0.05, 0) is 19.1 Å². The van der Waals surface area contributed by atoms with Crippen molar-refractivity contribution in [3.8, 4) is 0 Å². The Balaban J connectivity index is 2.27. The third kappa shape index (κ3) is 4.02. The summed E-state index contributed by atoms with van der Waals surface area (Å²) < 4.78 is 11.6. The molecule has 1 aromatic carbocycles. The Morgan fingerprint density at radius 3 is 2.52 bits per heavy atom. The molecule has 122 valence electrons. The van der Waals surface area contributed by atoms with E-state index in [4.69, 9.17) is 9.47 Å². The van der Waals surface area contributed by atoms with E-state index < -0.39 is 6.29 Å². The molecule has 0 aliphatic rings. The van der Waals surface area contributed by atoms with Crippen LogP contribution in [0.2, 0.25) is 0 Å². The van der Waals surface area contributed by atoms with Crippen LogP contribution in [0.5, 0.6) is 0 Å². The van der Waals surface area contributed by atoms with Crippen molar-refractivity contribution >= 4 is 11.6 Å². The molecule has 1 aromatic heterocycles. The van der Waals surface area contributed by atoms with E-state index in [2.05, 4.69) is 10.3 Å². The predicted octanol–water partition coefficient (Wildman–Crippen LogP) is 1.42. The minimum Gasteiger partial charge on any atom is -0.354 e. The van der Waals surface area contributed by atoms with Gasteiger partial charge in [-0.2, -0.15) is 0 Å². The van der Waals surface area contributed by atoms with Gasteiger partial charge < -0.3 is 14.8 Å². The van der Waals surface area contributed by atoms with Crippen LogP contribution in [0.1, 0.15) is 16.2 Å². The van der Waals surface area contributed by atoms with Gasteiger partial charge in [0.25, 0.3) is 11.5 Å². The maximum absolute atomic E-state index is 12.5. The van der Waals surface area contributed by atoms with E-state index in [0.29, 0.717) is 11.4 Å². The molecule has 0 radical (unpaired) electrons. The number of aryl methyl sites for hydroxylation is 1. The van der Waals surface area contributed by atoms with Crippen LogP contribution in [-0.4, -0.2) is 36.0 Å². The van der Waals surface area contributed by atoms with Crippen molar-refractivity contribution in [3.05, 3.63) is 58.3 Å². The first-order valence-electron chi connectivity index (χ1n) is 7.05. The van der Waals surface area contributed by atoms with Crippen LogP contribution >= 0.6 is 0 Å². The van der Waals surface area contributed by atoms with Gasteiger partial charge in [0.2, 0.25) is 0 Å². The molecule has 0 spiro atoms. The smallest absolute Gasteiger partial charge is 0.277 e. The lowest BCUT2D eigenvalue weighted by atomic mass is 10.2. The van der Waals surface area contributed by atoms with Gasteiger partial charge in [0.15, 0.2) is 6.29 Å². The number of rotatable bonds is 6. The lowest BCUT2D eigenvalue weighted by molar-refractivity contribution is -0.111. The number of ether oxygens (including phenoxy) is 2. The Kier molecular flexibility index (Phi) is 5.61. The number of anilines is 1. The summed E-state index contributed by atoms with van der Waals surface area (Å²) in [4.78, 5) is 28.8. The van der Waals surface area contributed by atoms with Crippen molar-refractivity contribution < 1.29 is 14.3 Å². The lowest BCUT2D eigenvalue weighted by Crippen LogP contribution is -2.33. The lowest BCUT2D eigenvalue weighted by Gasteiger charge is -2.17. The molecule has 0 bridgehead atoms. The zero-order chi connectivity index (χ0) is 16.8. The highest BCUT2D eigenvalue weighted by molar-refractivity contribution is 6.04. The summed E-state index contributed by atoms with van der Waals surface area (Å²) in [6.45, 7) is 1.88. The van der Waals surface area contributed by atoms with E-state index >= 15 is 0 Å². The van der Waals surface area contributed by atoms with E-state index in [1.807, 2.05) is 6.07 Å². The van der Waals surface area contributed by atoms with Gasteiger partial charge in [-0.3, -0.25) is 14.2 Å². The molecule has 2 aromatic rings. The normalized spacial score (nSPS) is 10.8. The number of nitrogens with one attached hydrogen (secondary N) is 1. The molecule has 7 heteroatoms. The average Bonchev–Trinajstić information content (AvgIpc) is 2.58. The minimum absolute atomic E-state index is 0.107. The first-order chi connectivity index (χ1) is 11.1. The molecule has 0 aliphatic heterocycles. The summed E-state index contributed by atoms with van der Waals surface area (Å²) >= 11 is 0. The number of hydrogen-bond acceptors (Lipinski definition) is 5. The number of hydrogen-bond donors (Lipinski definition) is 1. The number of carbonyl (C=O) groups excluding carboxylic acids is 1. The fraction of sp³-hybridized carbons (Fsp3) is 0.312. The molecule has 23 heavy (non-hydrogen) atoms. The first kappa shape index (κ1) is 16.9. The van der Waals surface area contributed by atoms with Crippen LogP contribution in [0.3, 0.4) is 0 Å². The number of methoxy groups -OCH3 is 2. The van der Waals surface area contributed by atoms with Gasteiger partial charge in [0, 0.05) is 19.8 Å². The summed E-state index contributed by atoms with van der Waals surface area (Å²) in [6.07, 6.45) is 0.775. The Labute approximate surface area is 133 Å². The second kappa shape index (κ2) is 7.66. The van der Waals surface area contributed by atoms with Crippen LogP contribution in [0, 0.1) is 6.92 Å². The van der Waals surface area contributed by atoms with Crippen LogP contribution < -0.4 is 10.9 Å². The summed E-state index contributed by atoms with van der Waals surface area (Å²) in [5, 5.41) is 2.59. The highest BCUT2D eigenvalue weighted by atomic mass is 16.7. The third-order valence-electron chi connectivity index (χ3n) is 3.39. The van der Waals surface area contributed by atoms with Gasteiger partial charge in [-0.15, -0.1) is 0 Å². The molecule has 0 saturated heterocycles. The molecule has 1 N–H and O–H groups in total. The van der Waals surface area contributed by atoms with Crippen molar-refractivity contribution in [2.45, 2.75) is 19.8 Å². The topological polar surface area (TPSA) is 82.5 Å². The van der Waals surface area contributed by atoms with Gasteiger partial charge >= 0.3 is 0 Å². The van der Waals surface area contributed by atoms with Gasteiger partial charge in [-0.1, -0.05) is 18.2 Å². The quantitative estimate of drug-likeness (QED) is 0.815. The predicted molar refractivity (Wildman–Crippen MR) is 85.4 cm³/mol. The third-order valence-corrected chi connectivity index (χ3v) is 3.39. The largest absolute Gasteiger partial charge is 0.354 e. The fourth-order valence-corrected chi connectivity index (χ4v) is 2.05. The summed E-state index contributed by atoms with van der Waals surface area (Å²) in [5.74, 6) is 0.141. The Morgan fingerprint density at radius 2 is 1.91 bits per heavy atom. The van der Waals surface area contributed by atoms with Crippen LogP contribution in [-0.2, 0) is 16.0 Å². The summed E-state index contributed by atoms with van der Waals surface area (Å²) in [5.41, 5.74) is 0.210. The van der Waals surface area contributed by atoms with Crippen molar-refractivity contribution in [1.29, 1.82) is 0 Å². The molecular formula is C16H19N3O4. The molecule has 0 saturated carbocycles. The summed E-state index contributed by atoms with van der Waals surface area (Å²) in [7, 11) is 2.98. The zero-order valence-electron chi connectivity index (χ0n) is 13.3. The minimum atomic E-state index is -0.576. The Bertz CT molecular complexity index is 724. The zero-order valence-corrected chi connectivity index (χ0v) is 13.3. The molecular weight excluding hydrogens is 298 g/mol. The molecule has 7 nitrogen and oxygen atoms in total. The first-order valence-corrected chi connectivity index (χ1v) is 7.05. The van der Waals surface area contributed by atoms with Gasteiger partial charge in [-0.25, -0.2) is 4.98 Å². The molecule has 0 fully saturated rings. The number of nitrogens with zero attached hydrogens (tertiary/aromatic N) is 2. The number of aromatic nitrogens is 2. The van der Waals surface area contributed by atoms with Gasteiger partial charge in [0.05, 0.1) is 12.7 Å². The fourth-order valence-electron chi connectivity index (χ4n) is 2.05. The molecule has 1 heterocycles. The summed E-state index contributed by atoms with van der Waals surface area (Å²) in [6, 6.07) is 8.65. The molecule has 1 amide bonds. The monoisotopic (exact) mass is 317 g/mol. The molecule has 0 unspecified atom stereocenters. The molecule has 0 aliphatic carbocycles. The molecule has 0 atom stereocenters. The van der Waals surface area contributed by atoms with Crippen molar-refractivity contribution in [2.75, 3.05) is 19.5 Å². The SMILES string of the molecule is COC(Cn1c(C)ncc(NC(=O)c2ccccc2)c1=O)OC. The van der Waals surface area contributed by atoms with Crippen LogP contribution in [0.15, 0.2) is 41.3 Å².